The van der Waals surface area contributed by atoms with Gasteiger partial charge in [-0.1, -0.05) is 25.1 Å². The Morgan fingerprint density at radius 2 is 2.30 bits per heavy atom. The fourth-order valence-corrected chi connectivity index (χ4v) is 3.22. The standard InChI is InChI=1S/C16H23N3O/c1-2-19-9-5-7-13(11-19)17-16(20)15-10-12-6-3-4-8-14(12)18-15/h3-4,6,8,13,15,18H,2,5,7,9-11H2,1H3,(H,17,20)/t13?,15-/m0/s1. The number of carbonyl (C=O) groups excluding carboxylic acids is 1. The summed E-state index contributed by atoms with van der Waals surface area (Å²) in [6, 6.07) is 8.37. The van der Waals surface area contributed by atoms with Gasteiger partial charge in [0, 0.05) is 24.7 Å². The maximum Gasteiger partial charge on any atom is 0.243 e. The molecule has 1 aromatic rings. The summed E-state index contributed by atoms with van der Waals surface area (Å²) in [6.45, 7) is 5.40. The highest BCUT2D eigenvalue weighted by Gasteiger charge is 2.28. The summed E-state index contributed by atoms with van der Waals surface area (Å²) in [7, 11) is 0. The average Bonchev–Trinajstić information content (AvgIpc) is 2.91. The van der Waals surface area contributed by atoms with Crippen molar-refractivity contribution in [2.24, 2.45) is 0 Å². The van der Waals surface area contributed by atoms with Crippen molar-refractivity contribution in [3.8, 4) is 0 Å². The van der Waals surface area contributed by atoms with Gasteiger partial charge in [0.2, 0.25) is 5.91 Å². The van der Waals surface area contributed by atoms with Crippen molar-refractivity contribution in [3.63, 3.8) is 0 Å². The lowest BCUT2D eigenvalue weighted by Gasteiger charge is -2.32. The minimum atomic E-state index is -0.107. The monoisotopic (exact) mass is 273 g/mol. The van der Waals surface area contributed by atoms with Gasteiger partial charge < -0.3 is 15.5 Å². The average molecular weight is 273 g/mol. The van der Waals surface area contributed by atoms with E-state index in [1.54, 1.807) is 0 Å². The summed E-state index contributed by atoms with van der Waals surface area (Å²) in [4.78, 5) is 14.8. The number of nitrogens with one attached hydrogen (secondary N) is 2. The Balaban J connectivity index is 1.56. The number of nitrogens with zero attached hydrogens (tertiary/aromatic N) is 1. The number of amides is 1. The van der Waals surface area contributed by atoms with Gasteiger partial charge in [-0.15, -0.1) is 0 Å². The second kappa shape index (κ2) is 5.83. The number of para-hydroxylation sites is 1. The zero-order valence-electron chi connectivity index (χ0n) is 12.1. The molecule has 0 saturated carbocycles. The molecule has 1 saturated heterocycles. The SMILES string of the molecule is CCN1CCCC(NC(=O)[C@@H]2Cc3ccccc3N2)C1. The number of carbonyl (C=O) groups is 1. The van der Waals surface area contributed by atoms with E-state index in [0.29, 0.717) is 6.04 Å². The molecule has 108 valence electrons. The Labute approximate surface area is 120 Å². The van der Waals surface area contributed by atoms with Gasteiger partial charge in [-0.25, -0.2) is 0 Å². The number of anilines is 1. The lowest BCUT2D eigenvalue weighted by molar-refractivity contribution is -0.122. The molecule has 2 aliphatic rings. The predicted octanol–water partition coefficient (Wildman–Crippen LogP) is 1.62. The van der Waals surface area contributed by atoms with Gasteiger partial charge in [0.25, 0.3) is 0 Å². The summed E-state index contributed by atoms with van der Waals surface area (Å²) in [5, 5.41) is 6.54. The summed E-state index contributed by atoms with van der Waals surface area (Å²) in [6.07, 6.45) is 3.07. The second-order valence-corrected chi connectivity index (χ2v) is 5.80. The van der Waals surface area contributed by atoms with Gasteiger partial charge in [-0.05, 0) is 37.6 Å². The molecule has 3 rings (SSSR count). The van der Waals surface area contributed by atoms with Crippen LogP contribution in [0, 0.1) is 0 Å². The number of benzene rings is 1. The zero-order chi connectivity index (χ0) is 13.9. The molecule has 0 radical (unpaired) electrons. The Hall–Kier alpha value is -1.55. The van der Waals surface area contributed by atoms with Gasteiger partial charge in [-0.2, -0.15) is 0 Å². The van der Waals surface area contributed by atoms with Crippen molar-refractivity contribution in [3.05, 3.63) is 29.8 Å². The van der Waals surface area contributed by atoms with Crippen LogP contribution >= 0.6 is 0 Å². The summed E-state index contributed by atoms with van der Waals surface area (Å²) >= 11 is 0. The van der Waals surface area contributed by atoms with E-state index in [0.717, 1.165) is 38.2 Å². The Morgan fingerprint density at radius 1 is 1.45 bits per heavy atom. The summed E-state index contributed by atoms with van der Waals surface area (Å²) < 4.78 is 0. The molecule has 0 aliphatic carbocycles. The summed E-state index contributed by atoms with van der Waals surface area (Å²) in [5.41, 5.74) is 2.35. The van der Waals surface area contributed by atoms with Gasteiger partial charge in [0.15, 0.2) is 0 Å². The lowest BCUT2D eigenvalue weighted by Crippen LogP contribution is -2.51. The van der Waals surface area contributed by atoms with E-state index in [9.17, 15) is 4.79 Å². The normalized spacial score (nSPS) is 25.9. The molecule has 2 heterocycles. The molecule has 1 unspecified atom stereocenters. The van der Waals surface area contributed by atoms with Gasteiger partial charge >= 0.3 is 0 Å². The molecule has 1 amide bonds. The molecule has 2 aliphatic heterocycles. The maximum absolute atomic E-state index is 12.4. The first-order valence-electron chi connectivity index (χ1n) is 7.63. The van der Waals surface area contributed by atoms with Crippen LogP contribution in [0.15, 0.2) is 24.3 Å². The predicted molar refractivity (Wildman–Crippen MR) is 80.8 cm³/mol. The third-order valence-electron chi connectivity index (χ3n) is 4.39. The summed E-state index contributed by atoms with van der Waals surface area (Å²) in [5.74, 6) is 0.143. The largest absolute Gasteiger partial charge is 0.373 e. The third-order valence-corrected chi connectivity index (χ3v) is 4.39. The van der Waals surface area contributed by atoms with Gasteiger partial charge in [-0.3, -0.25) is 4.79 Å². The lowest BCUT2D eigenvalue weighted by atomic mass is 10.0. The van der Waals surface area contributed by atoms with E-state index in [-0.39, 0.29) is 11.9 Å². The van der Waals surface area contributed by atoms with Crippen molar-refractivity contribution in [1.82, 2.24) is 10.2 Å². The first kappa shape index (κ1) is 13.4. The number of hydrogen-bond acceptors (Lipinski definition) is 3. The quantitative estimate of drug-likeness (QED) is 0.879. The first-order valence-corrected chi connectivity index (χ1v) is 7.63. The van der Waals surface area contributed by atoms with Gasteiger partial charge in [0.05, 0.1) is 0 Å². The van der Waals surface area contributed by atoms with Crippen molar-refractivity contribution in [2.45, 2.75) is 38.3 Å². The van der Waals surface area contributed by atoms with E-state index in [4.69, 9.17) is 0 Å². The van der Waals surface area contributed by atoms with E-state index in [1.807, 2.05) is 18.2 Å². The Bertz CT molecular complexity index is 463. The van der Waals surface area contributed by atoms with E-state index in [1.165, 1.54) is 12.0 Å². The van der Waals surface area contributed by atoms with Crippen LogP contribution < -0.4 is 10.6 Å². The van der Waals surface area contributed by atoms with Crippen LogP contribution in [-0.4, -0.2) is 42.5 Å². The van der Waals surface area contributed by atoms with Crippen LogP contribution in [0.2, 0.25) is 0 Å². The molecule has 20 heavy (non-hydrogen) atoms. The molecule has 0 bridgehead atoms. The number of hydrogen-bond donors (Lipinski definition) is 2. The topological polar surface area (TPSA) is 44.4 Å². The van der Waals surface area contributed by atoms with Crippen LogP contribution in [0.25, 0.3) is 0 Å². The van der Waals surface area contributed by atoms with Crippen molar-refractivity contribution >= 4 is 11.6 Å². The fourth-order valence-electron chi connectivity index (χ4n) is 3.22. The number of fused-ring (bicyclic) bond motifs is 1. The highest BCUT2D eigenvalue weighted by molar-refractivity contribution is 5.87. The highest BCUT2D eigenvalue weighted by atomic mass is 16.2. The molecule has 2 N–H and O–H groups in total. The molecule has 4 nitrogen and oxygen atoms in total. The molecule has 4 heteroatoms. The minimum absolute atomic E-state index is 0.107. The van der Waals surface area contributed by atoms with Crippen LogP contribution in [-0.2, 0) is 11.2 Å². The maximum atomic E-state index is 12.4. The second-order valence-electron chi connectivity index (χ2n) is 5.80. The van der Waals surface area contributed by atoms with Crippen LogP contribution in [0.4, 0.5) is 5.69 Å². The Kier molecular flexibility index (Phi) is 3.92. The van der Waals surface area contributed by atoms with E-state index >= 15 is 0 Å². The fraction of sp³-hybridized carbons (Fsp3) is 0.562. The molecule has 0 aromatic heterocycles. The smallest absolute Gasteiger partial charge is 0.243 e. The van der Waals surface area contributed by atoms with Crippen molar-refractivity contribution in [2.75, 3.05) is 25.0 Å². The number of likely N-dealkylation sites (tertiary alicyclic amines) is 1. The highest BCUT2D eigenvalue weighted by Crippen LogP contribution is 2.25. The number of piperidine rings is 1. The molecule has 1 aromatic carbocycles. The van der Waals surface area contributed by atoms with Crippen LogP contribution in [0.3, 0.4) is 0 Å². The first-order chi connectivity index (χ1) is 9.76. The van der Waals surface area contributed by atoms with Crippen molar-refractivity contribution in [1.29, 1.82) is 0 Å². The number of likely N-dealkylation sites (N-methyl/N-ethyl adjacent to an activating group) is 1. The van der Waals surface area contributed by atoms with Crippen molar-refractivity contribution < 1.29 is 4.79 Å². The number of rotatable bonds is 3. The van der Waals surface area contributed by atoms with Crippen LogP contribution in [0.5, 0.6) is 0 Å². The molecule has 1 fully saturated rings. The van der Waals surface area contributed by atoms with E-state index < -0.39 is 0 Å². The van der Waals surface area contributed by atoms with Gasteiger partial charge in [0.1, 0.15) is 6.04 Å². The Morgan fingerprint density at radius 3 is 3.10 bits per heavy atom. The van der Waals surface area contributed by atoms with E-state index in [2.05, 4.69) is 28.5 Å². The molecule has 0 spiro atoms. The zero-order valence-corrected chi connectivity index (χ0v) is 12.1. The minimum Gasteiger partial charge on any atom is -0.373 e. The van der Waals surface area contributed by atoms with Crippen LogP contribution in [0.1, 0.15) is 25.3 Å². The molecular formula is C16H23N3O. The molecule has 2 atom stereocenters. The third kappa shape index (κ3) is 2.80. The molecular weight excluding hydrogens is 250 g/mol.